The molecule has 1 saturated heterocycles. The van der Waals surface area contributed by atoms with Gasteiger partial charge >= 0.3 is 0 Å². The Kier molecular flexibility index (Phi) is 3.24. The van der Waals surface area contributed by atoms with Gasteiger partial charge in [-0.2, -0.15) is 0 Å². The number of β-amino-alcohol motifs (C(OH)–C–C–N with tert-alkyl or cyclic N) is 1. The van der Waals surface area contributed by atoms with Crippen molar-refractivity contribution < 1.29 is 10.2 Å². The van der Waals surface area contributed by atoms with Crippen LogP contribution < -0.4 is 4.90 Å². The van der Waals surface area contributed by atoms with Gasteiger partial charge in [-0.15, -0.1) is 0 Å². The van der Waals surface area contributed by atoms with Crippen molar-refractivity contribution in [3.8, 4) is 0 Å². The van der Waals surface area contributed by atoms with E-state index in [4.69, 9.17) is 0 Å². The Morgan fingerprint density at radius 3 is 2.81 bits per heavy atom. The Balaban J connectivity index is 2.27. The van der Waals surface area contributed by atoms with E-state index in [2.05, 4.69) is 20.8 Å². The molecular formula is C12H16BrNO2. The van der Waals surface area contributed by atoms with Gasteiger partial charge in [0.05, 0.1) is 12.2 Å². The molecule has 0 radical (unpaired) electrons. The van der Waals surface area contributed by atoms with Crippen molar-refractivity contribution in [1.82, 2.24) is 0 Å². The van der Waals surface area contributed by atoms with E-state index in [-0.39, 0.29) is 6.61 Å². The maximum atomic E-state index is 9.93. The molecule has 0 amide bonds. The van der Waals surface area contributed by atoms with Gasteiger partial charge in [0.25, 0.3) is 0 Å². The van der Waals surface area contributed by atoms with Crippen molar-refractivity contribution in [2.24, 2.45) is 0 Å². The third-order valence-corrected chi connectivity index (χ3v) is 3.50. The first-order valence-corrected chi connectivity index (χ1v) is 6.18. The molecule has 1 unspecified atom stereocenters. The molecule has 2 rings (SSSR count). The first-order valence-electron chi connectivity index (χ1n) is 5.38. The van der Waals surface area contributed by atoms with Gasteiger partial charge in [-0.1, -0.05) is 15.9 Å². The summed E-state index contributed by atoms with van der Waals surface area (Å²) in [6.07, 6.45) is 0.772. The van der Waals surface area contributed by atoms with E-state index < -0.39 is 5.60 Å². The first-order chi connectivity index (χ1) is 7.52. The molecule has 1 aliphatic heterocycles. The molecule has 88 valence electrons. The lowest BCUT2D eigenvalue weighted by Crippen LogP contribution is -2.30. The highest BCUT2D eigenvalue weighted by molar-refractivity contribution is 9.10. The molecule has 1 atom stereocenters. The molecule has 0 aliphatic carbocycles. The number of halogens is 1. The summed E-state index contributed by atoms with van der Waals surface area (Å²) in [5.74, 6) is 0. The molecule has 0 spiro atoms. The van der Waals surface area contributed by atoms with E-state index in [0.717, 1.165) is 28.7 Å². The summed E-state index contributed by atoms with van der Waals surface area (Å²) in [6, 6.07) is 5.86. The third kappa shape index (κ3) is 2.39. The number of rotatable bonds is 2. The minimum atomic E-state index is -0.611. The van der Waals surface area contributed by atoms with Crippen molar-refractivity contribution in [3.05, 3.63) is 28.2 Å². The minimum Gasteiger partial charge on any atom is -0.392 e. The van der Waals surface area contributed by atoms with Gasteiger partial charge in [-0.05, 0) is 31.5 Å². The van der Waals surface area contributed by atoms with Gasteiger partial charge in [0.1, 0.15) is 0 Å². The maximum absolute atomic E-state index is 9.93. The Bertz CT molecular complexity index is 393. The van der Waals surface area contributed by atoms with Crippen LogP contribution in [0.1, 0.15) is 18.9 Å². The van der Waals surface area contributed by atoms with Gasteiger partial charge in [0, 0.05) is 28.8 Å². The molecule has 16 heavy (non-hydrogen) atoms. The third-order valence-electron chi connectivity index (χ3n) is 3.00. The first kappa shape index (κ1) is 11.9. The topological polar surface area (TPSA) is 43.7 Å². The Hall–Kier alpha value is -0.580. The summed E-state index contributed by atoms with van der Waals surface area (Å²) < 4.78 is 0.964. The zero-order valence-corrected chi connectivity index (χ0v) is 10.9. The molecule has 1 heterocycles. The van der Waals surface area contributed by atoms with Crippen LogP contribution in [0.2, 0.25) is 0 Å². The molecule has 1 aliphatic rings. The molecule has 1 fully saturated rings. The zero-order chi connectivity index (χ0) is 11.8. The quantitative estimate of drug-likeness (QED) is 0.872. The molecule has 4 heteroatoms. The van der Waals surface area contributed by atoms with Crippen LogP contribution in [0.25, 0.3) is 0 Å². The molecule has 2 N–H and O–H groups in total. The summed E-state index contributed by atoms with van der Waals surface area (Å²) in [5, 5.41) is 19.3. The molecule has 3 nitrogen and oxygen atoms in total. The second-order valence-corrected chi connectivity index (χ2v) is 5.52. The highest BCUT2D eigenvalue weighted by Crippen LogP contribution is 2.30. The van der Waals surface area contributed by atoms with Crippen LogP contribution in [-0.4, -0.2) is 28.9 Å². The van der Waals surface area contributed by atoms with Crippen LogP contribution >= 0.6 is 15.9 Å². The normalized spacial score (nSPS) is 25.1. The number of hydrogen-bond donors (Lipinski definition) is 2. The van der Waals surface area contributed by atoms with Crippen LogP contribution in [0.15, 0.2) is 22.7 Å². The van der Waals surface area contributed by atoms with Crippen molar-refractivity contribution >= 4 is 21.6 Å². The molecule has 1 aromatic rings. The average Bonchev–Trinajstić information content (AvgIpc) is 2.58. The summed E-state index contributed by atoms with van der Waals surface area (Å²) >= 11 is 3.39. The standard InChI is InChI=1S/C12H16BrNO2/c1-12(16)4-5-14(8-12)11-3-2-10(13)6-9(11)7-15/h2-3,6,15-16H,4-5,7-8H2,1H3. The Morgan fingerprint density at radius 1 is 1.50 bits per heavy atom. The predicted octanol–water partition coefficient (Wildman–Crippen LogP) is 1.90. The van der Waals surface area contributed by atoms with Gasteiger partial charge in [0.2, 0.25) is 0 Å². The monoisotopic (exact) mass is 285 g/mol. The van der Waals surface area contributed by atoms with Gasteiger partial charge in [0.15, 0.2) is 0 Å². The lowest BCUT2D eigenvalue weighted by molar-refractivity contribution is 0.0839. The van der Waals surface area contributed by atoms with E-state index in [1.807, 2.05) is 25.1 Å². The lowest BCUT2D eigenvalue weighted by atomic mass is 10.1. The lowest BCUT2D eigenvalue weighted by Gasteiger charge is -2.23. The summed E-state index contributed by atoms with van der Waals surface area (Å²) in [6.45, 7) is 3.33. The molecule has 1 aromatic carbocycles. The maximum Gasteiger partial charge on any atom is 0.0810 e. The van der Waals surface area contributed by atoms with E-state index >= 15 is 0 Å². The highest BCUT2D eigenvalue weighted by Gasteiger charge is 2.32. The SMILES string of the molecule is CC1(O)CCN(c2ccc(Br)cc2CO)C1. The number of anilines is 1. The van der Waals surface area contributed by atoms with Crippen LogP contribution in [0.3, 0.4) is 0 Å². The Labute approximate surface area is 104 Å². The minimum absolute atomic E-state index is 0.0212. The molecule has 0 saturated carbocycles. The fourth-order valence-corrected chi connectivity index (χ4v) is 2.55. The summed E-state index contributed by atoms with van der Waals surface area (Å²) in [7, 11) is 0. The van der Waals surface area contributed by atoms with Gasteiger partial charge in [-0.3, -0.25) is 0 Å². The fraction of sp³-hybridized carbons (Fsp3) is 0.500. The van der Waals surface area contributed by atoms with E-state index in [9.17, 15) is 10.2 Å². The van der Waals surface area contributed by atoms with Crippen molar-refractivity contribution in [3.63, 3.8) is 0 Å². The second-order valence-electron chi connectivity index (χ2n) is 4.60. The summed E-state index contributed by atoms with van der Waals surface area (Å²) in [4.78, 5) is 2.12. The summed E-state index contributed by atoms with van der Waals surface area (Å²) in [5.41, 5.74) is 1.30. The number of aliphatic hydroxyl groups excluding tert-OH is 1. The van der Waals surface area contributed by atoms with Gasteiger partial charge < -0.3 is 15.1 Å². The Morgan fingerprint density at radius 2 is 2.25 bits per heavy atom. The zero-order valence-electron chi connectivity index (χ0n) is 9.28. The van der Waals surface area contributed by atoms with Crippen LogP contribution in [0.5, 0.6) is 0 Å². The predicted molar refractivity (Wildman–Crippen MR) is 67.5 cm³/mol. The second kappa shape index (κ2) is 4.35. The van der Waals surface area contributed by atoms with Crippen molar-refractivity contribution in [2.45, 2.75) is 25.6 Å². The largest absolute Gasteiger partial charge is 0.392 e. The van der Waals surface area contributed by atoms with E-state index in [1.54, 1.807) is 0 Å². The number of nitrogens with zero attached hydrogens (tertiary/aromatic N) is 1. The average molecular weight is 286 g/mol. The van der Waals surface area contributed by atoms with Crippen LogP contribution in [0.4, 0.5) is 5.69 Å². The van der Waals surface area contributed by atoms with E-state index in [1.165, 1.54) is 0 Å². The molecule has 0 aromatic heterocycles. The number of benzene rings is 1. The molecule has 0 bridgehead atoms. The van der Waals surface area contributed by atoms with Crippen LogP contribution in [-0.2, 0) is 6.61 Å². The number of aliphatic hydroxyl groups is 2. The fourth-order valence-electron chi connectivity index (χ4n) is 2.14. The highest BCUT2D eigenvalue weighted by atomic mass is 79.9. The number of hydrogen-bond acceptors (Lipinski definition) is 3. The van der Waals surface area contributed by atoms with Crippen molar-refractivity contribution in [2.75, 3.05) is 18.0 Å². The van der Waals surface area contributed by atoms with E-state index in [0.29, 0.717) is 6.54 Å². The smallest absolute Gasteiger partial charge is 0.0810 e. The molecular weight excluding hydrogens is 270 g/mol. The van der Waals surface area contributed by atoms with Crippen LogP contribution in [0, 0.1) is 0 Å². The van der Waals surface area contributed by atoms with Crippen molar-refractivity contribution in [1.29, 1.82) is 0 Å². The van der Waals surface area contributed by atoms with Gasteiger partial charge in [-0.25, -0.2) is 0 Å².